The highest BCUT2D eigenvalue weighted by atomic mass is 32.1. The van der Waals surface area contributed by atoms with E-state index >= 15 is 0 Å². The van der Waals surface area contributed by atoms with Crippen molar-refractivity contribution in [3.63, 3.8) is 0 Å². The Hall–Kier alpha value is -2.80. The summed E-state index contributed by atoms with van der Waals surface area (Å²) in [5.41, 5.74) is 0.706. The summed E-state index contributed by atoms with van der Waals surface area (Å²) in [6.07, 6.45) is 5.55. The molecule has 2 amide bonds. The fourth-order valence-corrected chi connectivity index (χ4v) is 4.60. The highest BCUT2D eigenvalue weighted by Gasteiger charge is 2.32. The van der Waals surface area contributed by atoms with Crippen LogP contribution in [0.15, 0.2) is 52.5 Å². The molecule has 0 N–H and O–H groups in total. The SMILES string of the molecule is C/C=C\Cn1c(C(=O)N2CCN(C(=O)c3ccco3)C(C)C2)cc2ccsc21. The van der Waals surface area contributed by atoms with E-state index in [1.165, 1.54) is 6.26 Å². The molecule has 1 fully saturated rings. The largest absolute Gasteiger partial charge is 0.459 e. The van der Waals surface area contributed by atoms with Gasteiger partial charge in [-0.15, -0.1) is 11.3 Å². The number of allylic oxidation sites excluding steroid dienone is 2. The lowest BCUT2D eigenvalue weighted by molar-refractivity contribution is 0.0391. The van der Waals surface area contributed by atoms with Crippen LogP contribution in [-0.2, 0) is 6.54 Å². The number of nitrogens with zero attached hydrogens (tertiary/aromatic N) is 3. The first-order chi connectivity index (χ1) is 13.6. The Kier molecular flexibility index (Phi) is 5.09. The van der Waals surface area contributed by atoms with Gasteiger partial charge in [0.05, 0.1) is 6.26 Å². The molecule has 4 heterocycles. The van der Waals surface area contributed by atoms with Crippen molar-refractivity contribution in [2.75, 3.05) is 19.6 Å². The molecule has 4 rings (SSSR count). The van der Waals surface area contributed by atoms with Gasteiger partial charge in [-0.2, -0.15) is 0 Å². The Balaban J connectivity index is 1.53. The highest BCUT2D eigenvalue weighted by molar-refractivity contribution is 7.16. The summed E-state index contributed by atoms with van der Waals surface area (Å²) in [4.78, 5) is 30.6. The van der Waals surface area contributed by atoms with E-state index in [9.17, 15) is 9.59 Å². The number of amides is 2. The minimum absolute atomic E-state index is 0.0184. The highest BCUT2D eigenvalue weighted by Crippen LogP contribution is 2.27. The van der Waals surface area contributed by atoms with Crippen LogP contribution in [-0.4, -0.2) is 51.9 Å². The van der Waals surface area contributed by atoms with E-state index in [1.807, 2.05) is 42.3 Å². The first kappa shape index (κ1) is 18.6. The standard InChI is InChI=1S/C21H23N3O3S/c1-3-4-8-24-17(13-16-7-12-28-21(16)24)19(25)22-9-10-23(15(2)14-22)20(26)18-6-5-11-27-18/h3-7,11-13,15H,8-10,14H2,1-2H3/b4-3-. The van der Waals surface area contributed by atoms with Gasteiger partial charge in [-0.3, -0.25) is 9.59 Å². The van der Waals surface area contributed by atoms with E-state index in [1.54, 1.807) is 28.4 Å². The maximum absolute atomic E-state index is 13.3. The lowest BCUT2D eigenvalue weighted by Crippen LogP contribution is -2.55. The summed E-state index contributed by atoms with van der Waals surface area (Å²) in [5.74, 6) is 0.235. The summed E-state index contributed by atoms with van der Waals surface area (Å²) in [5, 5.41) is 3.14. The fourth-order valence-electron chi connectivity index (χ4n) is 3.69. The third-order valence-corrected chi connectivity index (χ3v) is 6.10. The zero-order chi connectivity index (χ0) is 19.7. The number of hydrogen-bond donors (Lipinski definition) is 0. The zero-order valence-corrected chi connectivity index (χ0v) is 16.8. The lowest BCUT2D eigenvalue weighted by atomic mass is 10.1. The van der Waals surface area contributed by atoms with Gasteiger partial charge in [-0.05, 0) is 43.5 Å². The third-order valence-electron chi connectivity index (χ3n) is 5.15. The molecule has 0 aliphatic carbocycles. The monoisotopic (exact) mass is 397 g/mol. The van der Waals surface area contributed by atoms with Gasteiger partial charge in [0.15, 0.2) is 5.76 Å². The Morgan fingerprint density at radius 3 is 2.86 bits per heavy atom. The van der Waals surface area contributed by atoms with Gasteiger partial charge in [-0.25, -0.2) is 0 Å². The molecule has 0 bridgehead atoms. The van der Waals surface area contributed by atoms with E-state index in [2.05, 4.69) is 10.6 Å². The lowest BCUT2D eigenvalue weighted by Gasteiger charge is -2.39. The number of hydrogen-bond acceptors (Lipinski definition) is 4. The van der Waals surface area contributed by atoms with Crippen molar-refractivity contribution in [3.8, 4) is 0 Å². The van der Waals surface area contributed by atoms with Crippen LogP contribution >= 0.6 is 11.3 Å². The minimum atomic E-state index is -0.124. The van der Waals surface area contributed by atoms with Gasteiger partial charge < -0.3 is 18.8 Å². The van der Waals surface area contributed by atoms with Gasteiger partial charge in [0.25, 0.3) is 11.8 Å². The second-order valence-electron chi connectivity index (χ2n) is 6.97. The number of piperazine rings is 1. The molecule has 0 aromatic carbocycles. The van der Waals surface area contributed by atoms with Crippen LogP contribution in [0.1, 0.15) is 34.9 Å². The van der Waals surface area contributed by atoms with E-state index in [4.69, 9.17) is 4.42 Å². The Bertz CT molecular complexity index is 1020. The molecule has 1 aliphatic rings. The van der Waals surface area contributed by atoms with Gasteiger partial charge in [0, 0.05) is 37.6 Å². The topological polar surface area (TPSA) is 58.7 Å². The molecular weight excluding hydrogens is 374 g/mol. The van der Waals surface area contributed by atoms with Crippen LogP contribution in [0.5, 0.6) is 0 Å². The maximum Gasteiger partial charge on any atom is 0.289 e. The first-order valence-corrected chi connectivity index (χ1v) is 10.3. The summed E-state index contributed by atoms with van der Waals surface area (Å²) in [6, 6.07) is 7.33. The van der Waals surface area contributed by atoms with Gasteiger partial charge in [0.1, 0.15) is 10.5 Å². The minimum Gasteiger partial charge on any atom is -0.459 e. The molecule has 0 saturated carbocycles. The fraction of sp³-hybridized carbons (Fsp3) is 0.333. The summed E-state index contributed by atoms with van der Waals surface area (Å²) in [7, 11) is 0. The van der Waals surface area contributed by atoms with E-state index in [0.29, 0.717) is 37.6 Å². The van der Waals surface area contributed by atoms with Crippen molar-refractivity contribution in [2.45, 2.75) is 26.4 Å². The van der Waals surface area contributed by atoms with E-state index in [0.717, 1.165) is 10.2 Å². The van der Waals surface area contributed by atoms with Crippen LogP contribution in [0.2, 0.25) is 0 Å². The molecular formula is C21H23N3O3S. The molecule has 1 aliphatic heterocycles. The van der Waals surface area contributed by atoms with Crippen molar-refractivity contribution in [1.29, 1.82) is 0 Å². The molecule has 1 saturated heterocycles. The molecule has 28 heavy (non-hydrogen) atoms. The number of rotatable bonds is 4. The predicted octanol–water partition coefficient (Wildman–Crippen LogP) is 3.86. The third kappa shape index (κ3) is 3.26. The molecule has 3 aromatic rings. The van der Waals surface area contributed by atoms with Gasteiger partial charge in [0.2, 0.25) is 0 Å². The number of carbonyl (C=O) groups is 2. The summed E-state index contributed by atoms with van der Waals surface area (Å²) < 4.78 is 7.31. The van der Waals surface area contributed by atoms with Crippen LogP contribution in [0, 0.1) is 0 Å². The molecule has 3 aromatic heterocycles. The second-order valence-corrected chi connectivity index (χ2v) is 7.86. The number of thiophene rings is 1. The number of furan rings is 1. The molecule has 1 atom stereocenters. The number of aromatic nitrogens is 1. The maximum atomic E-state index is 13.3. The van der Waals surface area contributed by atoms with Crippen molar-refractivity contribution in [1.82, 2.24) is 14.4 Å². The van der Waals surface area contributed by atoms with Gasteiger partial charge >= 0.3 is 0 Å². The van der Waals surface area contributed by atoms with E-state index in [-0.39, 0.29) is 17.9 Å². The van der Waals surface area contributed by atoms with Crippen molar-refractivity contribution < 1.29 is 14.0 Å². The predicted molar refractivity (Wildman–Crippen MR) is 110 cm³/mol. The van der Waals surface area contributed by atoms with Gasteiger partial charge in [-0.1, -0.05) is 12.2 Å². The van der Waals surface area contributed by atoms with Crippen LogP contribution in [0.4, 0.5) is 0 Å². The summed E-state index contributed by atoms with van der Waals surface area (Å²) in [6.45, 7) is 6.14. The average Bonchev–Trinajstić information content (AvgIpc) is 3.42. The Morgan fingerprint density at radius 2 is 2.14 bits per heavy atom. The molecule has 0 spiro atoms. The zero-order valence-electron chi connectivity index (χ0n) is 16.0. The molecule has 7 heteroatoms. The van der Waals surface area contributed by atoms with Crippen LogP contribution in [0.25, 0.3) is 10.2 Å². The Morgan fingerprint density at radius 1 is 1.29 bits per heavy atom. The normalized spacial score (nSPS) is 17.7. The first-order valence-electron chi connectivity index (χ1n) is 9.41. The quantitative estimate of drug-likeness (QED) is 0.628. The molecule has 146 valence electrons. The Labute approximate surface area is 167 Å². The number of fused-ring (bicyclic) bond motifs is 1. The van der Waals surface area contributed by atoms with Crippen molar-refractivity contribution in [2.24, 2.45) is 0 Å². The second kappa shape index (κ2) is 7.67. The van der Waals surface area contributed by atoms with Crippen LogP contribution in [0.3, 0.4) is 0 Å². The smallest absolute Gasteiger partial charge is 0.289 e. The van der Waals surface area contributed by atoms with Crippen molar-refractivity contribution >= 4 is 33.4 Å². The molecule has 6 nitrogen and oxygen atoms in total. The summed E-state index contributed by atoms with van der Waals surface area (Å²) >= 11 is 1.65. The average molecular weight is 398 g/mol. The number of carbonyl (C=O) groups excluding carboxylic acids is 2. The molecule has 0 radical (unpaired) electrons. The van der Waals surface area contributed by atoms with Crippen molar-refractivity contribution in [3.05, 3.63) is 59.5 Å². The molecule has 1 unspecified atom stereocenters. The van der Waals surface area contributed by atoms with Crippen LogP contribution < -0.4 is 0 Å². The van der Waals surface area contributed by atoms with E-state index < -0.39 is 0 Å².